The van der Waals surface area contributed by atoms with Crippen LogP contribution in [0.25, 0.3) is 10.8 Å². The van der Waals surface area contributed by atoms with Gasteiger partial charge in [-0.3, -0.25) is 4.79 Å². The summed E-state index contributed by atoms with van der Waals surface area (Å²) in [7, 11) is 0. The number of rotatable bonds is 4. The number of benzene rings is 3. The van der Waals surface area contributed by atoms with Gasteiger partial charge in [0.1, 0.15) is 0 Å². The predicted molar refractivity (Wildman–Crippen MR) is 88.5 cm³/mol. The van der Waals surface area contributed by atoms with Gasteiger partial charge in [0.15, 0.2) is 0 Å². The molecule has 0 spiro atoms. The fraction of sp³-hybridized carbons (Fsp3) is 0.0526. The van der Waals surface area contributed by atoms with Gasteiger partial charge in [-0.25, -0.2) is 4.79 Å². The lowest BCUT2D eigenvalue weighted by Crippen LogP contribution is -2.22. The van der Waals surface area contributed by atoms with Crippen molar-refractivity contribution in [3.63, 3.8) is 0 Å². The van der Waals surface area contributed by atoms with Crippen LogP contribution in [0.3, 0.4) is 0 Å². The van der Waals surface area contributed by atoms with Crippen LogP contribution in [0.1, 0.15) is 26.3 Å². The average Bonchev–Trinajstić information content (AvgIpc) is 2.59. The van der Waals surface area contributed by atoms with E-state index in [1.165, 1.54) is 12.1 Å². The largest absolute Gasteiger partial charge is 0.478 e. The Morgan fingerprint density at radius 1 is 0.826 bits per heavy atom. The molecule has 0 fully saturated rings. The first-order valence-electron chi connectivity index (χ1n) is 7.23. The third-order valence-corrected chi connectivity index (χ3v) is 3.67. The van der Waals surface area contributed by atoms with Crippen LogP contribution in [0.2, 0.25) is 0 Å². The van der Waals surface area contributed by atoms with Gasteiger partial charge in [-0.05, 0) is 40.6 Å². The molecule has 0 unspecified atom stereocenters. The summed E-state index contributed by atoms with van der Waals surface area (Å²) >= 11 is 0. The molecule has 0 saturated heterocycles. The summed E-state index contributed by atoms with van der Waals surface area (Å²) in [5.41, 5.74) is 1.68. The molecule has 0 atom stereocenters. The fourth-order valence-electron chi connectivity index (χ4n) is 2.38. The van der Waals surface area contributed by atoms with Crippen molar-refractivity contribution in [2.75, 3.05) is 0 Å². The number of hydrogen-bond acceptors (Lipinski definition) is 2. The van der Waals surface area contributed by atoms with E-state index in [2.05, 4.69) is 5.32 Å². The lowest BCUT2D eigenvalue weighted by Gasteiger charge is -2.07. The minimum Gasteiger partial charge on any atom is -0.478 e. The van der Waals surface area contributed by atoms with E-state index in [4.69, 9.17) is 5.11 Å². The van der Waals surface area contributed by atoms with Gasteiger partial charge in [0.2, 0.25) is 0 Å². The maximum atomic E-state index is 12.2. The Hall–Kier alpha value is -3.14. The molecule has 4 nitrogen and oxygen atoms in total. The number of carboxylic acids is 1. The lowest BCUT2D eigenvalue weighted by molar-refractivity contribution is 0.0696. The van der Waals surface area contributed by atoms with Gasteiger partial charge in [-0.1, -0.05) is 42.5 Å². The number of fused-ring (bicyclic) bond motifs is 1. The zero-order valence-corrected chi connectivity index (χ0v) is 12.3. The Kier molecular flexibility index (Phi) is 4.06. The van der Waals surface area contributed by atoms with Crippen LogP contribution < -0.4 is 5.32 Å². The highest BCUT2D eigenvalue weighted by atomic mass is 16.4. The van der Waals surface area contributed by atoms with Crippen molar-refractivity contribution in [3.8, 4) is 0 Å². The molecule has 0 bridgehead atoms. The highest BCUT2D eigenvalue weighted by Gasteiger charge is 2.07. The van der Waals surface area contributed by atoms with Crippen LogP contribution >= 0.6 is 0 Å². The van der Waals surface area contributed by atoms with Crippen LogP contribution in [0, 0.1) is 0 Å². The standard InChI is InChI=1S/C19H15NO3/c21-18(17-10-9-14-3-1-2-4-16(14)11-17)20-12-13-5-7-15(8-6-13)19(22)23/h1-11H,12H2,(H,20,21)(H,22,23). The van der Waals surface area contributed by atoms with E-state index in [-0.39, 0.29) is 11.5 Å². The number of amides is 1. The summed E-state index contributed by atoms with van der Waals surface area (Å²) in [5.74, 6) is -1.12. The van der Waals surface area contributed by atoms with E-state index in [0.29, 0.717) is 12.1 Å². The topological polar surface area (TPSA) is 66.4 Å². The second-order valence-corrected chi connectivity index (χ2v) is 5.25. The highest BCUT2D eigenvalue weighted by Crippen LogP contribution is 2.15. The summed E-state index contributed by atoms with van der Waals surface area (Å²) in [6.45, 7) is 0.353. The molecule has 4 heteroatoms. The Morgan fingerprint density at radius 2 is 1.48 bits per heavy atom. The molecule has 0 aromatic heterocycles. The molecule has 0 radical (unpaired) electrons. The first-order chi connectivity index (χ1) is 11.1. The minimum absolute atomic E-state index is 0.155. The van der Waals surface area contributed by atoms with Gasteiger partial charge >= 0.3 is 5.97 Å². The van der Waals surface area contributed by atoms with Crippen LogP contribution in [0.5, 0.6) is 0 Å². The zero-order valence-electron chi connectivity index (χ0n) is 12.3. The summed E-state index contributed by atoms with van der Waals surface area (Å²) < 4.78 is 0. The van der Waals surface area contributed by atoms with Crippen molar-refractivity contribution in [1.82, 2.24) is 5.32 Å². The highest BCUT2D eigenvalue weighted by molar-refractivity contribution is 5.98. The predicted octanol–water partition coefficient (Wildman–Crippen LogP) is 3.47. The molecule has 1 amide bonds. The van der Waals surface area contributed by atoms with Gasteiger partial charge in [-0.2, -0.15) is 0 Å². The molecule has 3 aromatic rings. The summed E-state index contributed by atoms with van der Waals surface area (Å²) in [5, 5.41) is 13.8. The molecule has 23 heavy (non-hydrogen) atoms. The molecule has 0 aliphatic heterocycles. The normalized spacial score (nSPS) is 10.4. The van der Waals surface area contributed by atoms with Crippen LogP contribution in [-0.4, -0.2) is 17.0 Å². The van der Waals surface area contributed by atoms with Crippen molar-refractivity contribution >= 4 is 22.6 Å². The number of aromatic carboxylic acids is 1. The Balaban J connectivity index is 1.69. The summed E-state index contributed by atoms with van der Waals surface area (Å²) in [4.78, 5) is 23.0. The third-order valence-electron chi connectivity index (χ3n) is 3.67. The van der Waals surface area contributed by atoms with Gasteiger partial charge in [0, 0.05) is 12.1 Å². The minimum atomic E-state index is -0.961. The quantitative estimate of drug-likeness (QED) is 0.775. The molecule has 2 N–H and O–H groups in total. The number of carboxylic acid groups (broad SMARTS) is 1. The monoisotopic (exact) mass is 305 g/mol. The van der Waals surface area contributed by atoms with Crippen molar-refractivity contribution in [1.29, 1.82) is 0 Å². The first-order valence-corrected chi connectivity index (χ1v) is 7.23. The van der Waals surface area contributed by atoms with Crippen LogP contribution in [-0.2, 0) is 6.54 Å². The molecule has 0 aliphatic rings. The molecule has 114 valence electrons. The van der Waals surface area contributed by atoms with Crippen molar-refractivity contribution in [3.05, 3.63) is 83.4 Å². The molecular formula is C19H15NO3. The van der Waals surface area contributed by atoms with E-state index in [0.717, 1.165) is 16.3 Å². The second-order valence-electron chi connectivity index (χ2n) is 5.25. The van der Waals surface area contributed by atoms with Crippen LogP contribution in [0.15, 0.2) is 66.7 Å². The zero-order chi connectivity index (χ0) is 16.2. The summed E-state index contributed by atoms with van der Waals surface area (Å²) in [6, 6.07) is 19.9. The average molecular weight is 305 g/mol. The number of carbonyl (C=O) groups is 2. The number of hydrogen-bond donors (Lipinski definition) is 2. The van der Waals surface area contributed by atoms with Gasteiger partial charge in [0.25, 0.3) is 5.91 Å². The number of nitrogens with one attached hydrogen (secondary N) is 1. The fourth-order valence-corrected chi connectivity index (χ4v) is 2.38. The third kappa shape index (κ3) is 3.37. The van der Waals surface area contributed by atoms with Gasteiger partial charge < -0.3 is 10.4 Å². The van der Waals surface area contributed by atoms with Gasteiger partial charge in [-0.15, -0.1) is 0 Å². The van der Waals surface area contributed by atoms with Crippen molar-refractivity contribution < 1.29 is 14.7 Å². The van der Waals surface area contributed by atoms with E-state index < -0.39 is 5.97 Å². The van der Waals surface area contributed by atoms with Gasteiger partial charge in [0.05, 0.1) is 5.56 Å². The molecule has 0 saturated carbocycles. The molecule has 0 aliphatic carbocycles. The van der Waals surface area contributed by atoms with Crippen LogP contribution in [0.4, 0.5) is 0 Å². The number of carbonyl (C=O) groups excluding carboxylic acids is 1. The van der Waals surface area contributed by atoms with Crippen molar-refractivity contribution in [2.45, 2.75) is 6.54 Å². The first kappa shape index (κ1) is 14.8. The maximum Gasteiger partial charge on any atom is 0.335 e. The molecular weight excluding hydrogens is 290 g/mol. The second kappa shape index (κ2) is 6.32. The van der Waals surface area contributed by atoms with E-state index in [1.807, 2.05) is 36.4 Å². The Labute approximate surface area is 133 Å². The van der Waals surface area contributed by atoms with Crippen molar-refractivity contribution in [2.24, 2.45) is 0 Å². The maximum absolute atomic E-state index is 12.2. The summed E-state index contributed by atoms with van der Waals surface area (Å²) in [6.07, 6.45) is 0. The van der Waals surface area contributed by atoms with E-state index in [1.54, 1.807) is 18.2 Å². The smallest absolute Gasteiger partial charge is 0.335 e. The SMILES string of the molecule is O=C(O)c1ccc(CNC(=O)c2ccc3ccccc3c2)cc1. The Bertz CT molecular complexity index is 869. The van der Waals surface area contributed by atoms with E-state index in [9.17, 15) is 9.59 Å². The lowest BCUT2D eigenvalue weighted by atomic mass is 10.1. The van der Waals surface area contributed by atoms with E-state index >= 15 is 0 Å². The molecule has 0 heterocycles. The molecule has 3 aromatic carbocycles. The Morgan fingerprint density at radius 3 is 2.17 bits per heavy atom. The molecule has 3 rings (SSSR count).